The lowest BCUT2D eigenvalue weighted by Crippen LogP contribution is -2.58. The second kappa shape index (κ2) is 6.42. The Morgan fingerprint density at radius 2 is 1.96 bits per heavy atom. The molecule has 0 aromatic carbocycles. The van der Waals surface area contributed by atoms with Gasteiger partial charge in [0.2, 0.25) is 0 Å². The van der Waals surface area contributed by atoms with E-state index >= 15 is 0 Å². The van der Waals surface area contributed by atoms with E-state index in [2.05, 4.69) is 35.9 Å². The molecule has 3 nitrogen and oxygen atoms in total. The summed E-state index contributed by atoms with van der Waals surface area (Å²) in [6.45, 7) is 4.78. The summed E-state index contributed by atoms with van der Waals surface area (Å²) < 4.78 is 6.02. The molecule has 26 heavy (non-hydrogen) atoms. The summed E-state index contributed by atoms with van der Waals surface area (Å²) in [6.07, 6.45) is 10.6. The first-order chi connectivity index (χ1) is 12.3. The number of carbonyl (C=O) groups excluding carboxylic acids is 1. The summed E-state index contributed by atoms with van der Waals surface area (Å²) in [7, 11) is 1.74. The van der Waals surface area contributed by atoms with Crippen LogP contribution in [0.4, 0.5) is 0 Å². The highest BCUT2D eigenvalue weighted by Crippen LogP contribution is 2.67. The molecular weight excluding hydrogens is 392 g/mol. The summed E-state index contributed by atoms with van der Waals surface area (Å²) in [5.41, 5.74) is 1.10. The number of methoxy groups -OCH3 is 1. The standard InChI is InChI=1S/C22H33BrO3/c1-20-9-6-15(24)12-14(20)4-5-16-17(20)7-10-21(2)18(16)8-11-22(21,26-3)19(25)13-23/h4,15-18,24H,5-13H2,1-3H3/t15-,16+,17-,18-,20-,21-,22-/m0/s1. The van der Waals surface area contributed by atoms with Gasteiger partial charge in [0.25, 0.3) is 0 Å². The first-order valence-electron chi connectivity index (χ1n) is 10.3. The number of hydrogen-bond donors (Lipinski definition) is 1. The topological polar surface area (TPSA) is 46.5 Å². The SMILES string of the molecule is CO[C@]1(C(=O)CBr)CC[C@H]2[C@@H]3CC=C4C[C@@H](O)CC[C@]4(C)[C@H]3CC[C@@]21C. The van der Waals surface area contributed by atoms with Crippen molar-refractivity contribution in [1.82, 2.24) is 0 Å². The third kappa shape index (κ3) is 2.34. The molecule has 4 aliphatic rings. The zero-order chi connectivity index (χ0) is 18.7. The van der Waals surface area contributed by atoms with Gasteiger partial charge >= 0.3 is 0 Å². The van der Waals surface area contributed by atoms with Gasteiger partial charge in [-0.15, -0.1) is 0 Å². The molecule has 4 aliphatic carbocycles. The van der Waals surface area contributed by atoms with Crippen LogP contribution in [0.5, 0.6) is 0 Å². The third-order valence-electron chi connectivity index (χ3n) is 9.12. The number of Topliss-reactive ketones (excluding diaryl/α,β-unsaturated/α-hetero) is 1. The number of rotatable bonds is 3. The number of aliphatic hydroxyl groups excluding tert-OH is 1. The maximum atomic E-state index is 12.9. The molecule has 0 bridgehead atoms. The zero-order valence-electron chi connectivity index (χ0n) is 16.4. The maximum Gasteiger partial charge on any atom is 0.175 e. The van der Waals surface area contributed by atoms with Crippen molar-refractivity contribution in [2.75, 3.05) is 12.4 Å². The van der Waals surface area contributed by atoms with Crippen molar-refractivity contribution in [3.63, 3.8) is 0 Å². The molecule has 0 heterocycles. The van der Waals surface area contributed by atoms with E-state index in [9.17, 15) is 9.90 Å². The van der Waals surface area contributed by atoms with E-state index in [0.717, 1.165) is 44.9 Å². The fourth-order valence-corrected chi connectivity index (χ4v) is 8.11. The molecular formula is C22H33BrO3. The largest absolute Gasteiger partial charge is 0.393 e. The Morgan fingerprint density at radius 1 is 1.23 bits per heavy atom. The minimum atomic E-state index is -0.611. The summed E-state index contributed by atoms with van der Waals surface area (Å²) in [5, 5.41) is 10.5. The lowest BCUT2D eigenvalue weighted by molar-refractivity contribution is -0.166. The second-order valence-corrected chi connectivity index (χ2v) is 10.3. The second-order valence-electron chi connectivity index (χ2n) is 9.74. The van der Waals surface area contributed by atoms with Crippen LogP contribution in [0.2, 0.25) is 0 Å². The average Bonchev–Trinajstić information content (AvgIpc) is 2.95. The lowest BCUT2D eigenvalue weighted by Gasteiger charge is -2.59. The molecule has 0 aromatic rings. The number of alkyl halides is 1. The van der Waals surface area contributed by atoms with E-state index in [1.54, 1.807) is 7.11 Å². The van der Waals surface area contributed by atoms with Crippen molar-refractivity contribution in [3.05, 3.63) is 11.6 Å². The van der Waals surface area contributed by atoms with E-state index < -0.39 is 5.60 Å². The van der Waals surface area contributed by atoms with E-state index in [1.807, 2.05) is 0 Å². The van der Waals surface area contributed by atoms with Crippen LogP contribution >= 0.6 is 15.9 Å². The van der Waals surface area contributed by atoms with Gasteiger partial charge in [0.05, 0.1) is 11.4 Å². The molecule has 3 saturated carbocycles. The summed E-state index contributed by atoms with van der Waals surface area (Å²) in [4.78, 5) is 12.9. The minimum absolute atomic E-state index is 0.0519. The number of aliphatic hydroxyl groups is 1. The molecule has 1 N–H and O–H groups in total. The molecule has 0 unspecified atom stereocenters. The van der Waals surface area contributed by atoms with E-state index in [4.69, 9.17) is 4.74 Å². The molecule has 146 valence electrons. The van der Waals surface area contributed by atoms with Crippen LogP contribution in [-0.4, -0.2) is 35.0 Å². The molecule has 0 saturated heterocycles. The van der Waals surface area contributed by atoms with Crippen molar-refractivity contribution < 1.29 is 14.6 Å². The van der Waals surface area contributed by atoms with E-state index in [1.165, 1.54) is 12.0 Å². The number of ketones is 1. The monoisotopic (exact) mass is 424 g/mol. The highest BCUT2D eigenvalue weighted by Gasteiger charge is 2.66. The molecule has 0 aromatic heterocycles. The number of hydrogen-bond acceptors (Lipinski definition) is 3. The number of allylic oxidation sites excluding steroid dienone is 1. The Bertz CT molecular complexity index is 631. The molecule has 7 atom stereocenters. The fourth-order valence-electron chi connectivity index (χ4n) is 7.66. The summed E-state index contributed by atoms with van der Waals surface area (Å²) in [5.74, 6) is 2.13. The van der Waals surface area contributed by atoms with E-state index in [-0.39, 0.29) is 22.7 Å². The predicted molar refractivity (Wildman–Crippen MR) is 106 cm³/mol. The number of halogens is 1. The molecule has 0 spiro atoms. The van der Waals surface area contributed by atoms with Gasteiger partial charge in [0, 0.05) is 12.5 Å². The van der Waals surface area contributed by atoms with Crippen LogP contribution in [-0.2, 0) is 9.53 Å². The van der Waals surface area contributed by atoms with Crippen LogP contribution in [0.1, 0.15) is 65.2 Å². The lowest BCUT2D eigenvalue weighted by atomic mass is 9.46. The number of ether oxygens (including phenoxy) is 1. The molecule has 4 rings (SSSR count). The van der Waals surface area contributed by atoms with Crippen molar-refractivity contribution in [1.29, 1.82) is 0 Å². The first-order valence-corrected chi connectivity index (χ1v) is 11.5. The van der Waals surface area contributed by atoms with Crippen molar-refractivity contribution in [2.45, 2.75) is 76.9 Å². The quantitative estimate of drug-likeness (QED) is 0.529. The van der Waals surface area contributed by atoms with Gasteiger partial charge in [-0.25, -0.2) is 0 Å². The van der Waals surface area contributed by atoms with Gasteiger partial charge in [-0.3, -0.25) is 4.79 Å². The molecule has 0 amide bonds. The maximum absolute atomic E-state index is 12.9. The third-order valence-corrected chi connectivity index (χ3v) is 9.63. The van der Waals surface area contributed by atoms with Crippen LogP contribution in [0, 0.1) is 28.6 Å². The Hall–Kier alpha value is -0.190. The smallest absolute Gasteiger partial charge is 0.175 e. The normalized spacial score (nSPS) is 50.4. The van der Waals surface area contributed by atoms with Gasteiger partial charge in [-0.2, -0.15) is 0 Å². The Balaban J connectivity index is 1.69. The highest BCUT2D eigenvalue weighted by atomic mass is 79.9. The van der Waals surface area contributed by atoms with Gasteiger partial charge in [0.15, 0.2) is 5.78 Å². The van der Waals surface area contributed by atoms with Gasteiger partial charge in [-0.1, -0.05) is 41.4 Å². The Labute approximate surface area is 166 Å². The summed E-state index contributed by atoms with van der Waals surface area (Å²) >= 11 is 3.41. The number of carbonyl (C=O) groups is 1. The predicted octanol–water partition coefficient (Wildman–Crippen LogP) is 4.66. The molecule has 3 fully saturated rings. The van der Waals surface area contributed by atoms with Crippen molar-refractivity contribution in [2.24, 2.45) is 28.6 Å². The van der Waals surface area contributed by atoms with Crippen LogP contribution in [0.15, 0.2) is 11.6 Å². The zero-order valence-corrected chi connectivity index (χ0v) is 18.0. The van der Waals surface area contributed by atoms with Crippen LogP contribution in [0.3, 0.4) is 0 Å². The minimum Gasteiger partial charge on any atom is -0.393 e. The molecule has 0 radical (unpaired) electrons. The highest BCUT2D eigenvalue weighted by molar-refractivity contribution is 9.09. The van der Waals surface area contributed by atoms with Crippen molar-refractivity contribution >= 4 is 21.7 Å². The van der Waals surface area contributed by atoms with Gasteiger partial charge < -0.3 is 9.84 Å². The number of fused-ring (bicyclic) bond motifs is 5. The Kier molecular flexibility index (Phi) is 4.73. The van der Waals surface area contributed by atoms with Gasteiger partial charge in [0.1, 0.15) is 5.60 Å². The van der Waals surface area contributed by atoms with Crippen LogP contribution in [0.25, 0.3) is 0 Å². The summed E-state index contributed by atoms with van der Waals surface area (Å²) in [6, 6.07) is 0. The average molecular weight is 425 g/mol. The molecule has 0 aliphatic heterocycles. The van der Waals surface area contributed by atoms with Crippen molar-refractivity contribution in [3.8, 4) is 0 Å². The van der Waals surface area contributed by atoms with Gasteiger partial charge in [-0.05, 0) is 74.5 Å². The Morgan fingerprint density at radius 3 is 2.65 bits per heavy atom. The van der Waals surface area contributed by atoms with E-state index in [0.29, 0.717) is 23.1 Å². The molecule has 4 heteroatoms. The fraction of sp³-hybridized carbons (Fsp3) is 0.864. The van der Waals surface area contributed by atoms with Crippen LogP contribution < -0.4 is 0 Å². The first kappa shape index (κ1) is 19.1.